The van der Waals surface area contributed by atoms with Crippen molar-refractivity contribution < 1.29 is 14.4 Å². The van der Waals surface area contributed by atoms with Gasteiger partial charge in [-0.3, -0.25) is 14.4 Å². The maximum absolute atomic E-state index is 12.5. The number of Topliss-reactive ketones (excluding diaryl/α,β-unsaturated/α-hetero) is 1. The maximum atomic E-state index is 12.5. The molecular formula is C18H19N5O3. The topological polar surface area (TPSA) is 155 Å². The second-order valence-corrected chi connectivity index (χ2v) is 5.50. The molecule has 2 amide bonds. The van der Waals surface area contributed by atoms with Crippen LogP contribution in [0.1, 0.15) is 11.3 Å². The summed E-state index contributed by atoms with van der Waals surface area (Å²) in [7, 11) is 0. The van der Waals surface area contributed by atoms with Gasteiger partial charge in [-0.2, -0.15) is 0 Å². The Morgan fingerprint density at radius 2 is 1.81 bits per heavy atom. The van der Waals surface area contributed by atoms with Gasteiger partial charge in [0.2, 0.25) is 5.78 Å². The van der Waals surface area contributed by atoms with Crippen molar-refractivity contribution in [1.29, 1.82) is 5.41 Å². The van der Waals surface area contributed by atoms with E-state index in [-0.39, 0.29) is 17.7 Å². The third-order valence-electron chi connectivity index (χ3n) is 3.71. The Kier molecular flexibility index (Phi) is 6.05. The van der Waals surface area contributed by atoms with Gasteiger partial charge in [-0.05, 0) is 17.7 Å². The Morgan fingerprint density at radius 3 is 2.35 bits per heavy atom. The highest BCUT2D eigenvalue weighted by atomic mass is 16.2. The molecule has 1 unspecified atom stereocenters. The number of carbonyl (C=O) groups excluding carboxylic acids is 3. The summed E-state index contributed by atoms with van der Waals surface area (Å²) in [5.74, 6) is -2.82. The lowest BCUT2D eigenvalue weighted by atomic mass is 10.0. The molecule has 0 bridgehead atoms. The average molecular weight is 353 g/mol. The Balaban J connectivity index is 2.27. The largest absolute Gasteiger partial charge is 0.396 e. The number of aromatic nitrogens is 1. The van der Waals surface area contributed by atoms with Crippen LogP contribution in [0.25, 0.3) is 5.70 Å². The Bertz CT molecular complexity index is 841. The van der Waals surface area contributed by atoms with Crippen LogP contribution in [0.2, 0.25) is 0 Å². The van der Waals surface area contributed by atoms with Crippen molar-refractivity contribution in [2.24, 2.45) is 11.5 Å². The van der Waals surface area contributed by atoms with Gasteiger partial charge in [-0.15, -0.1) is 0 Å². The first-order valence-corrected chi connectivity index (χ1v) is 7.76. The second-order valence-electron chi connectivity index (χ2n) is 5.50. The van der Waals surface area contributed by atoms with Gasteiger partial charge in [0, 0.05) is 18.8 Å². The van der Waals surface area contributed by atoms with Crippen LogP contribution in [0.4, 0.5) is 0 Å². The summed E-state index contributed by atoms with van der Waals surface area (Å²) in [5, 5.41) is 9.91. The zero-order valence-electron chi connectivity index (χ0n) is 13.9. The van der Waals surface area contributed by atoms with E-state index in [4.69, 9.17) is 16.9 Å². The Labute approximate surface area is 149 Å². The first-order chi connectivity index (χ1) is 12.4. The number of nitrogens with one attached hydrogen (secondary N) is 3. The molecule has 7 N–H and O–H groups in total. The highest BCUT2D eigenvalue weighted by Crippen LogP contribution is 2.11. The molecule has 0 aliphatic rings. The van der Waals surface area contributed by atoms with Gasteiger partial charge in [0.15, 0.2) is 0 Å². The van der Waals surface area contributed by atoms with Crippen molar-refractivity contribution in [3.8, 4) is 0 Å². The number of ketones is 1. The molecular weight excluding hydrogens is 334 g/mol. The third kappa shape index (κ3) is 4.44. The fourth-order valence-electron chi connectivity index (χ4n) is 2.38. The minimum Gasteiger partial charge on any atom is -0.396 e. The molecule has 1 atom stereocenters. The van der Waals surface area contributed by atoms with Crippen molar-refractivity contribution in [1.82, 2.24) is 10.3 Å². The van der Waals surface area contributed by atoms with E-state index in [2.05, 4.69) is 10.3 Å². The molecule has 0 aliphatic heterocycles. The maximum Gasteiger partial charge on any atom is 0.287 e. The third-order valence-corrected chi connectivity index (χ3v) is 3.71. The van der Waals surface area contributed by atoms with Crippen LogP contribution in [0.3, 0.4) is 0 Å². The first-order valence-electron chi connectivity index (χ1n) is 7.76. The summed E-state index contributed by atoms with van der Waals surface area (Å²) in [4.78, 5) is 38.8. The highest BCUT2D eigenvalue weighted by Gasteiger charge is 2.27. The lowest BCUT2D eigenvalue weighted by Crippen LogP contribution is -2.48. The summed E-state index contributed by atoms with van der Waals surface area (Å²) >= 11 is 0. The van der Waals surface area contributed by atoms with E-state index in [0.717, 1.165) is 11.8 Å². The van der Waals surface area contributed by atoms with Crippen LogP contribution in [0.15, 0.2) is 54.2 Å². The number of carbonyl (C=O) groups is 3. The van der Waals surface area contributed by atoms with Gasteiger partial charge < -0.3 is 27.2 Å². The van der Waals surface area contributed by atoms with E-state index >= 15 is 0 Å². The van der Waals surface area contributed by atoms with Crippen molar-refractivity contribution in [2.75, 3.05) is 0 Å². The van der Waals surface area contributed by atoms with E-state index < -0.39 is 23.6 Å². The molecule has 0 saturated carbocycles. The van der Waals surface area contributed by atoms with Gasteiger partial charge in [0.05, 0.1) is 17.0 Å². The quantitative estimate of drug-likeness (QED) is 0.259. The fraction of sp³-hybridized carbons (Fsp3) is 0.111. The summed E-state index contributed by atoms with van der Waals surface area (Å²) in [6.45, 7) is 0. The van der Waals surface area contributed by atoms with Crippen LogP contribution in [-0.4, -0.2) is 34.8 Å². The van der Waals surface area contributed by atoms with Crippen molar-refractivity contribution in [3.63, 3.8) is 0 Å². The number of benzene rings is 1. The number of H-pyrrole nitrogens is 1. The normalized spacial score (nSPS) is 12.6. The molecule has 1 heterocycles. The van der Waals surface area contributed by atoms with E-state index in [1.165, 1.54) is 0 Å². The minimum atomic E-state index is -1.16. The SMILES string of the molecule is N=CC(C(=O)NC(Cc1ccccc1)C(=O)C(N)=O)=C(N)c1ccc[nH]1. The molecule has 1 aromatic heterocycles. The van der Waals surface area contributed by atoms with E-state index in [1.54, 1.807) is 48.7 Å². The monoisotopic (exact) mass is 353 g/mol. The predicted molar refractivity (Wildman–Crippen MR) is 97.0 cm³/mol. The zero-order chi connectivity index (χ0) is 19.1. The Hall–Kier alpha value is -3.68. The van der Waals surface area contributed by atoms with E-state index in [9.17, 15) is 14.4 Å². The van der Waals surface area contributed by atoms with E-state index in [1.807, 2.05) is 0 Å². The van der Waals surface area contributed by atoms with Crippen LogP contribution < -0.4 is 16.8 Å². The average Bonchev–Trinajstić information content (AvgIpc) is 3.16. The second kappa shape index (κ2) is 8.43. The van der Waals surface area contributed by atoms with E-state index in [0.29, 0.717) is 5.69 Å². The minimum absolute atomic E-state index is 0.0486. The summed E-state index contributed by atoms with van der Waals surface area (Å²) in [5.41, 5.74) is 12.1. The number of aromatic amines is 1. The van der Waals surface area contributed by atoms with Crippen molar-refractivity contribution >= 4 is 29.5 Å². The molecule has 8 heteroatoms. The number of primary amides is 1. The van der Waals surface area contributed by atoms with Gasteiger partial charge in [0.1, 0.15) is 6.04 Å². The fourth-order valence-corrected chi connectivity index (χ4v) is 2.38. The smallest absolute Gasteiger partial charge is 0.287 e. The standard InChI is InChI=1S/C18H19N5O3/c19-10-12(15(20)13-7-4-8-22-13)18(26)23-14(16(24)17(21)25)9-11-5-2-1-3-6-11/h1-8,10,14,19,22H,9,20H2,(H2,21,25)(H,23,26). The molecule has 0 spiro atoms. The molecule has 0 saturated heterocycles. The van der Waals surface area contributed by atoms with Crippen LogP contribution in [-0.2, 0) is 20.8 Å². The zero-order valence-corrected chi connectivity index (χ0v) is 13.9. The summed E-state index contributed by atoms with van der Waals surface area (Å²) in [6.07, 6.45) is 2.50. The van der Waals surface area contributed by atoms with Crippen LogP contribution in [0, 0.1) is 5.41 Å². The van der Waals surface area contributed by atoms with Crippen molar-refractivity contribution in [3.05, 3.63) is 65.5 Å². The molecule has 26 heavy (non-hydrogen) atoms. The predicted octanol–water partition coefficient (Wildman–Crippen LogP) is 0.116. The molecule has 8 nitrogen and oxygen atoms in total. The first kappa shape index (κ1) is 18.7. The van der Waals surface area contributed by atoms with Gasteiger partial charge >= 0.3 is 0 Å². The number of amides is 2. The summed E-state index contributed by atoms with van der Waals surface area (Å²) in [6, 6.07) is 11.0. The van der Waals surface area contributed by atoms with Gasteiger partial charge in [-0.1, -0.05) is 30.3 Å². The van der Waals surface area contributed by atoms with Crippen LogP contribution >= 0.6 is 0 Å². The highest BCUT2D eigenvalue weighted by molar-refractivity contribution is 6.38. The van der Waals surface area contributed by atoms with Gasteiger partial charge in [-0.25, -0.2) is 0 Å². The molecule has 2 aromatic rings. The number of hydrogen-bond donors (Lipinski definition) is 5. The Morgan fingerprint density at radius 1 is 1.12 bits per heavy atom. The molecule has 0 fully saturated rings. The molecule has 0 radical (unpaired) electrons. The summed E-state index contributed by atoms with van der Waals surface area (Å²) < 4.78 is 0. The van der Waals surface area contributed by atoms with Crippen LogP contribution in [0.5, 0.6) is 0 Å². The molecule has 1 aromatic carbocycles. The van der Waals surface area contributed by atoms with Crippen molar-refractivity contribution in [2.45, 2.75) is 12.5 Å². The van der Waals surface area contributed by atoms with Gasteiger partial charge in [0.25, 0.3) is 11.8 Å². The number of hydrogen-bond acceptors (Lipinski definition) is 5. The molecule has 0 aliphatic carbocycles. The molecule has 134 valence electrons. The molecule has 2 rings (SSSR count). The lowest BCUT2D eigenvalue weighted by molar-refractivity contribution is -0.138. The number of nitrogens with two attached hydrogens (primary N) is 2. The lowest BCUT2D eigenvalue weighted by Gasteiger charge is -2.17. The number of rotatable bonds is 8.